The van der Waals surface area contributed by atoms with Crippen LogP contribution in [0, 0.1) is 5.92 Å². The van der Waals surface area contributed by atoms with Gasteiger partial charge in [0.1, 0.15) is 11.5 Å². The van der Waals surface area contributed by atoms with Crippen LogP contribution < -0.4 is 10.9 Å². The Morgan fingerprint density at radius 1 is 1.21 bits per heavy atom. The molecule has 148 valence electrons. The minimum absolute atomic E-state index is 0.0243. The van der Waals surface area contributed by atoms with Crippen LogP contribution in [0.1, 0.15) is 60.4 Å². The molecule has 3 atom stereocenters. The number of benzene rings is 1. The molecule has 2 saturated heterocycles. The van der Waals surface area contributed by atoms with Gasteiger partial charge >= 0.3 is 0 Å². The number of nitrogens with one attached hydrogen (secondary N) is 2. The van der Waals surface area contributed by atoms with Crippen LogP contribution in [-0.4, -0.2) is 46.5 Å². The number of piperidine rings is 1. The highest BCUT2D eigenvalue weighted by Crippen LogP contribution is 2.32. The Morgan fingerprint density at radius 3 is 2.82 bits per heavy atom. The highest BCUT2D eigenvalue weighted by Gasteiger charge is 2.37. The Morgan fingerprint density at radius 2 is 2.04 bits per heavy atom. The summed E-state index contributed by atoms with van der Waals surface area (Å²) in [5.74, 6) is 1.81. The van der Waals surface area contributed by atoms with Gasteiger partial charge in [-0.25, -0.2) is 9.97 Å². The van der Waals surface area contributed by atoms with Gasteiger partial charge in [-0.15, -0.1) is 0 Å². The molecule has 1 amide bonds. The van der Waals surface area contributed by atoms with Gasteiger partial charge in [-0.05, 0) is 30.4 Å². The molecule has 0 saturated carbocycles. The lowest BCUT2D eigenvalue weighted by atomic mass is 9.81. The first kappa shape index (κ1) is 19.0. The van der Waals surface area contributed by atoms with E-state index < -0.39 is 0 Å². The summed E-state index contributed by atoms with van der Waals surface area (Å²) >= 11 is 0. The van der Waals surface area contributed by atoms with Crippen molar-refractivity contribution < 1.29 is 4.79 Å². The third kappa shape index (κ3) is 3.93. The number of rotatable bonds is 4. The summed E-state index contributed by atoms with van der Waals surface area (Å²) in [5.41, 5.74) is 8.69. The second kappa shape index (κ2) is 8.37. The van der Waals surface area contributed by atoms with E-state index in [1.165, 1.54) is 5.56 Å². The number of hydrogen-bond donors (Lipinski definition) is 2. The van der Waals surface area contributed by atoms with Crippen LogP contribution in [0.4, 0.5) is 0 Å². The highest BCUT2D eigenvalue weighted by atomic mass is 16.2. The molecule has 3 heterocycles. The summed E-state index contributed by atoms with van der Waals surface area (Å²) in [6.45, 7) is 6.57. The zero-order valence-corrected chi connectivity index (χ0v) is 16.6. The van der Waals surface area contributed by atoms with E-state index in [0.717, 1.165) is 38.3 Å². The Balaban J connectivity index is 1.48. The van der Waals surface area contributed by atoms with Crippen LogP contribution in [0.15, 0.2) is 42.6 Å². The second-order valence-electron chi connectivity index (χ2n) is 8.18. The average Bonchev–Trinajstić information content (AvgIpc) is 3.24. The van der Waals surface area contributed by atoms with Gasteiger partial charge in [-0.1, -0.05) is 44.2 Å². The van der Waals surface area contributed by atoms with E-state index in [0.29, 0.717) is 23.6 Å². The van der Waals surface area contributed by atoms with Crippen molar-refractivity contribution in [1.29, 1.82) is 0 Å². The number of aromatic nitrogens is 2. The first-order chi connectivity index (χ1) is 13.6. The third-order valence-corrected chi connectivity index (χ3v) is 5.91. The van der Waals surface area contributed by atoms with Gasteiger partial charge in [0.2, 0.25) is 0 Å². The minimum Gasteiger partial charge on any atom is -0.337 e. The monoisotopic (exact) mass is 379 g/mol. The molecule has 0 spiro atoms. The van der Waals surface area contributed by atoms with Crippen molar-refractivity contribution in [1.82, 2.24) is 25.7 Å². The number of hydrazine groups is 1. The van der Waals surface area contributed by atoms with Gasteiger partial charge in [-0.2, -0.15) is 0 Å². The van der Waals surface area contributed by atoms with Gasteiger partial charge in [0.25, 0.3) is 5.91 Å². The molecular formula is C22H29N5O. The standard InChI is InChI=1S/C22H29N5O/c1-15(2)21-23-11-10-19(25-21)22(28)27-12-6-9-17(14-27)20-18(13-24-26-20)16-7-4-3-5-8-16/h3-5,7-8,10-11,15,17-18,20,24,26H,6,9,12-14H2,1-2H3. The smallest absolute Gasteiger partial charge is 0.272 e. The fourth-order valence-corrected chi connectivity index (χ4v) is 4.41. The van der Waals surface area contributed by atoms with Crippen LogP contribution in [0.2, 0.25) is 0 Å². The van der Waals surface area contributed by atoms with Crippen LogP contribution in [0.3, 0.4) is 0 Å². The van der Waals surface area contributed by atoms with Crippen molar-refractivity contribution in [2.45, 2.75) is 44.6 Å². The molecule has 2 fully saturated rings. The first-order valence-corrected chi connectivity index (χ1v) is 10.3. The highest BCUT2D eigenvalue weighted by molar-refractivity contribution is 5.92. The molecule has 0 bridgehead atoms. The molecule has 28 heavy (non-hydrogen) atoms. The zero-order chi connectivity index (χ0) is 19.5. The lowest BCUT2D eigenvalue weighted by Gasteiger charge is -2.37. The van der Waals surface area contributed by atoms with Crippen molar-refractivity contribution in [2.75, 3.05) is 19.6 Å². The largest absolute Gasteiger partial charge is 0.337 e. The number of amides is 1. The van der Waals surface area contributed by atoms with E-state index >= 15 is 0 Å². The number of carbonyl (C=O) groups excluding carboxylic acids is 1. The van der Waals surface area contributed by atoms with Gasteiger partial charge in [0.05, 0.1) is 0 Å². The van der Waals surface area contributed by atoms with Crippen LogP contribution in [0.5, 0.6) is 0 Å². The summed E-state index contributed by atoms with van der Waals surface area (Å²) < 4.78 is 0. The zero-order valence-electron chi connectivity index (χ0n) is 16.6. The summed E-state index contributed by atoms with van der Waals surface area (Å²) in [6.07, 6.45) is 3.86. The number of likely N-dealkylation sites (tertiary alicyclic amines) is 1. The van der Waals surface area contributed by atoms with Gasteiger partial charge in [0.15, 0.2) is 0 Å². The normalized spacial score (nSPS) is 25.2. The minimum atomic E-state index is 0.0243. The van der Waals surface area contributed by atoms with Crippen molar-refractivity contribution in [2.24, 2.45) is 5.92 Å². The average molecular weight is 380 g/mol. The lowest BCUT2D eigenvalue weighted by Crippen LogP contribution is -2.48. The number of carbonyl (C=O) groups is 1. The van der Waals surface area contributed by atoms with E-state index in [9.17, 15) is 4.79 Å². The fraction of sp³-hybridized carbons (Fsp3) is 0.500. The summed E-state index contributed by atoms with van der Waals surface area (Å²) in [5, 5.41) is 0. The number of hydrogen-bond acceptors (Lipinski definition) is 5. The van der Waals surface area contributed by atoms with Gasteiger partial charge in [-0.3, -0.25) is 15.6 Å². The predicted molar refractivity (Wildman–Crippen MR) is 109 cm³/mol. The fourth-order valence-electron chi connectivity index (χ4n) is 4.41. The summed E-state index contributed by atoms with van der Waals surface area (Å²) in [7, 11) is 0. The molecule has 3 unspecified atom stereocenters. The predicted octanol–water partition coefficient (Wildman–Crippen LogP) is 2.71. The molecule has 1 aromatic heterocycles. The van der Waals surface area contributed by atoms with E-state index in [1.54, 1.807) is 12.3 Å². The lowest BCUT2D eigenvalue weighted by molar-refractivity contribution is 0.0638. The SMILES string of the molecule is CC(C)c1nccc(C(=O)N2CCCC(C3NNCC3c3ccccc3)C2)n1. The molecule has 2 aliphatic heterocycles. The number of nitrogens with zero attached hydrogens (tertiary/aromatic N) is 3. The maximum atomic E-state index is 13.1. The molecule has 6 nitrogen and oxygen atoms in total. The molecule has 4 rings (SSSR count). The maximum absolute atomic E-state index is 13.1. The third-order valence-electron chi connectivity index (χ3n) is 5.91. The summed E-state index contributed by atoms with van der Waals surface area (Å²) in [4.78, 5) is 23.9. The molecule has 2 aromatic rings. The van der Waals surface area contributed by atoms with Crippen LogP contribution >= 0.6 is 0 Å². The molecule has 2 aliphatic rings. The van der Waals surface area contributed by atoms with Gasteiger partial charge < -0.3 is 4.90 Å². The maximum Gasteiger partial charge on any atom is 0.272 e. The van der Waals surface area contributed by atoms with Gasteiger partial charge in [0, 0.05) is 43.7 Å². The molecular weight excluding hydrogens is 350 g/mol. The second-order valence-corrected chi connectivity index (χ2v) is 8.18. The van der Waals surface area contributed by atoms with Crippen molar-refractivity contribution in [3.05, 3.63) is 59.7 Å². The topological polar surface area (TPSA) is 70.2 Å². The van der Waals surface area contributed by atoms with E-state index in [4.69, 9.17) is 0 Å². The first-order valence-electron chi connectivity index (χ1n) is 10.3. The molecule has 6 heteroatoms. The van der Waals surface area contributed by atoms with Crippen LogP contribution in [0.25, 0.3) is 0 Å². The van der Waals surface area contributed by atoms with Crippen LogP contribution in [-0.2, 0) is 0 Å². The Kier molecular flexibility index (Phi) is 5.69. The molecule has 1 aromatic carbocycles. The Labute approximate surface area is 166 Å². The Hall–Kier alpha value is -2.31. The van der Waals surface area contributed by atoms with Crippen molar-refractivity contribution in [3.8, 4) is 0 Å². The van der Waals surface area contributed by atoms with E-state index in [1.807, 2.05) is 18.7 Å². The molecule has 2 N–H and O–H groups in total. The quantitative estimate of drug-likeness (QED) is 0.855. The molecule has 0 radical (unpaired) electrons. The molecule has 0 aliphatic carbocycles. The van der Waals surface area contributed by atoms with E-state index in [2.05, 4.69) is 51.2 Å². The van der Waals surface area contributed by atoms with Crippen molar-refractivity contribution >= 4 is 5.91 Å². The Bertz CT molecular complexity index is 810. The van der Waals surface area contributed by atoms with Crippen molar-refractivity contribution in [3.63, 3.8) is 0 Å². The summed E-state index contributed by atoms with van der Waals surface area (Å²) in [6, 6.07) is 12.7. The van der Waals surface area contributed by atoms with E-state index in [-0.39, 0.29) is 11.8 Å².